The molecule has 2 rings (SSSR count). The highest BCUT2D eigenvalue weighted by molar-refractivity contribution is 5.97. The number of likely N-dealkylation sites (N-methyl/N-ethyl adjacent to an activating group) is 1. The zero-order chi connectivity index (χ0) is 13.1. The first-order valence-corrected chi connectivity index (χ1v) is 6.43. The van der Waals surface area contributed by atoms with Crippen molar-refractivity contribution in [3.8, 4) is 0 Å². The predicted octanol–water partition coefficient (Wildman–Crippen LogP) is 0.216. The Kier molecular flexibility index (Phi) is 3.86. The monoisotopic (exact) mass is 251 g/mol. The minimum absolute atomic E-state index is 0.143. The van der Waals surface area contributed by atoms with Crippen molar-refractivity contribution in [1.82, 2.24) is 20.0 Å². The van der Waals surface area contributed by atoms with Gasteiger partial charge < -0.3 is 11.1 Å². The van der Waals surface area contributed by atoms with Crippen LogP contribution in [0.2, 0.25) is 0 Å². The fraction of sp³-hybridized carbons (Fsp3) is 0.667. The van der Waals surface area contributed by atoms with Crippen LogP contribution < -0.4 is 11.1 Å². The SMILES string of the molecule is CCN1CCCC1CNC(=O)c1c(N)cnn1C. The number of nitrogens with two attached hydrogens (primary N) is 1. The van der Waals surface area contributed by atoms with Gasteiger partial charge in [-0.15, -0.1) is 0 Å². The van der Waals surface area contributed by atoms with Crippen LogP contribution in [-0.4, -0.2) is 46.3 Å². The molecule has 0 bridgehead atoms. The van der Waals surface area contributed by atoms with E-state index in [1.807, 2.05) is 0 Å². The number of hydrogen-bond acceptors (Lipinski definition) is 4. The highest BCUT2D eigenvalue weighted by atomic mass is 16.2. The van der Waals surface area contributed by atoms with E-state index in [2.05, 4.69) is 22.2 Å². The van der Waals surface area contributed by atoms with E-state index in [0.717, 1.165) is 19.5 Å². The zero-order valence-corrected chi connectivity index (χ0v) is 11.0. The molecule has 2 heterocycles. The number of aromatic nitrogens is 2. The third kappa shape index (κ3) is 2.48. The van der Waals surface area contributed by atoms with Crippen molar-refractivity contribution in [2.24, 2.45) is 7.05 Å². The molecule has 0 saturated carbocycles. The van der Waals surface area contributed by atoms with Gasteiger partial charge >= 0.3 is 0 Å². The highest BCUT2D eigenvalue weighted by Crippen LogP contribution is 2.16. The summed E-state index contributed by atoms with van der Waals surface area (Å²) in [5, 5.41) is 6.92. The van der Waals surface area contributed by atoms with Gasteiger partial charge in [0.2, 0.25) is 0 Å². The molecule has 1 atom stereocenters. The molecule has 1 aliphatic rings. The van der Waals surface area contributed by atoms with Crippen molar-refractivity contribution < 1.29 is 4.79 Å². The van der Waals surface area contributed by atoms with E-state index in [9.17, 15) is 4.79 Å². The Labute approximate surface area is 107 Å². The van der Waals surface area contributed by atoms with E-state index in [1.54, 1.807) is 7.05 Å². The lowest BCUT2D eigenvalue weighted by atomic mass is 10.2. The molecule has 0 aliphatic carbocycles. The summed E-state index contributed by atoms with van der Waals surface area (Å²) in [6.07, 6.45) is 3.86. The number of anilines is 1. The van der Waals surface area contributed by atoms with Crippen molar-refractivity contribution >= 4 is 11.6 Å². The topological polar surface area (TPSA) is 76.2 Å². The van der Waals surface area contributed by atoms with Crippen molar-refractivity contribution in [3.05, 3.63) is 11.9 Å². The molecule has 0 aromatic carbocycles. The van der Waals surface area contributed by atoms with Crippen LogP contribution >= 0.6 is 0 Å². The molecule has 1 amide bonds. The summed E-state index contributed by atoms with van der Waals surface area (Å²) in [6, 6.07) is 0.452. The van der Waals surface area contributed by atoms with Gasteiger partial charge in [-0.3, -0.25) is 14.4 Å². The molecule has 0 spiro atoms. The van der Waals surface area contributed by atoms with Gasteiger partial charge in [0.25, 0.3) is 5.91 Å². The normalized spacial score (nSPS) is 20.2. The number of nitrogen functional groups attached to an aromatic ring is 1. The number of aryl methyl sites for hydroxylation is 1. The second kappa shape index (κ2) is 5.39. The smallest absolute Gasteiger partial charge is 0.271 e. The molecule has 1 fully saturated rings. The first-order chi connectivity index (χ1) is 8.63. The largest absolute Gasteiger partial charge is 0.396 e. The van der Waals surface area contributed by atoms with E-state index < -0.39 is 0 Å². The van der Waals surface area contributed by atoms with Crippen LogP contribution in [0.4, 0.5) is 5.69 Å². The summed E-state index contributed by atoms with van der Waals surface area (Å²) in [7, 11) is 1.72. The van der Waals surface area contributed by atoms with Crippen LogP contribution in [0, 0.1) is 0 Å². The highest BCUT2D eigenvalue weighted by Gasteiger charge is 2.24. The van der Waals surface area contributed by atoms with Crippen LogP contribution in [0.15, 0.2) is 6.20 Å². The summed E-state index contributed by atoms with van der Waals surface area (Å²) < 4.78 is 1.51. The van der Waals surface area contributed by atoms with Crippen molar-refractivity contribution in [2.45, 2.75) is 25.8 Å². The Morgan fingerprint density at radius 2 is 2.44 bits per heavy atom. The lowest BCUT2D eigenvalue weighted by molar-refractivity contribution is 0.0933. The van der Waals surface area contributed by atoms with E-state index in [1.165, 1.54) is 17.3 Å². The number of nitrogens with one attached hydrogen (secondary N) is 1. The van der Waals surface area contributed by atoms with Gasteiger partial charge in [-0.25, -0.2) is 0 Å². The fourth-order valence-corrected chi connectivity index (χ4v) is 2.57. The Bertz CT molecular complexity index is 409. The molecule has 6 nitrogen and oxygen atoms in total. The van der Waals surface area contributed by atoms with Gasteiger partial charge in [-0.05, 0) is 25.9 Å². The molecule has 1 saturated heterocycles. The molecule has 1 unspecified atom stereocenters. The minimum Gasteiger partial charge on any atom is -0.396 e. The van der Waals surface area contributed by atoms with E-state index in [-0.39, 0.29) is 5.91 Å². The van der Waals surface area contributed by atoms with Crippen molar-refractivity contribution in [3.63, 3.8) is 0 Å². The predicted molar refractivity (Wildman–Crippen MR) is 70.2 cm³/mol. The van der Waals surface area contributed by atoms with E-state index in [0.29, 0.717) is 24.0 Å². The molecule has 1 aromatic heterocycles. The Balaban J connectivity index is 1.93. The quantitative estimate of drug-likeness (QED) is 0.802. The summed E-state index contributed by atoms with van der Waals surface area (Å²) in [5.74, 6) is -0.143. The molecule has 1 aromatic rings. The molecule has 18 heavy (non-hydrogen) atoms. The van der Waals surface area contributed by atoms with Gasteiger partial charge in [0, 0.05) is 19.6 Å². The average molecular weight is 251 g/mol. The summed E-state index contributed by atoms with van der Waals surface area (Å²) in [6.45, 7) is 5.00. The third-order valence-electron chi connectivity index (χ3n) is 3.59. The van der Waals surface area contributed by atoms with Crippen LogP contribution in [0.3, 0.4) is 0 Å². The lowest BCUT2D eigenvalue weighted by Crippen LogP contribution is -2.40. The van der Waals surface area contributed by atoms with Gasteiger partial charge in [0.15, 0.2) is 0 Å². The maximum atomic E-state index is 12.0. The van der Waals surface area contributed by atoms with Crippen LogP contribution in [0.1, 0.15) is 30.3 Å². The second-order valence-electron chi connectivity index (χ2n) is 4.71. The van der Waals surface area contributed by atoms with Crippen molar-refractivity contribution in [2.75, 3.05) is 25.4 Å². The summed E-state index contributed by atoms with van der Waals surface area (Å²) in [4.78, 5) is 14.4. The second-order valence-corrected chi connectivity index (χ2v) is 4.71. The number of rotatable bonds is 4. The number of hydrogen-bond donors (Lipinski definition) is 2. The number of carbonyl (C=O) groups excluding carboxylic acids is 1. The Hall–Kier alpha value is -1.56. The maximum absolute atomic E-state index is 12.0. The fourth-order valence-electron chi connectivity index (χ4n) is 2.57. The van der Waals surface area contributed by atoms with Crippen molar-refractivity contribution in [1.29, 1.82) is 0 Å². The van der Waals surface area contributed by atoms with Gasteiger partial charge in [0.1, 0.15) is 5.69 Å². The molecular formula is C12H21N5O. The molecular weight excluding hydrogens is 230 g/mol. The number of likely N-dealkylation sites (tertiary alicyclic amines) is 1. The molecule has 1 aliphatic heterocycles. The first-order valence-electron chi connectivity index (χ1n) is 6.43. The zero-order valence-electron chi connectivity index (χ0n) is 11.0. The number of nitrogens with zero attached hydrogens (tertiary/aromatic N) is 3. The first kappa shape index (κ1) is 12.9. The number of carbonyl (C=O) groups is 1. The molecule has 100 valence electrons. The Morgan fingerprint density at radius 1 is 1.67 bits per heavy atom. The van der Waals surface area contributed by atoms with Crippen LogP contribution in [0.5, 0.6) is 0 Å². The van der Waals surface area contributed by atoms with E-state index in [4.69, 9.17) is 5.73 Å². The summed E-state index contributed by atoms with van der Waals surface area (Å²) >= 11 is 0. The van der Waals surface area contributed by atoms with Gasteiger partial charge in [-0.2, -0.15) is 5.10 Å². The van der Waals surface area contributed by atoms with Gasteiger partial charge in [-0.1, -0.05) is 6.92 Å². The van der Waals surface area contributed by atoms with E-state index >= 15 is 0 Å². The summed E-state index contributed by atoms with van der Waals surface area (Å²) in [5.41, 5.74) is 6.59. The lowest BCUT2D eigenvalue weighted by Gasteiger charge is -2.22. The average Bonchev–Trinajstić information content (AvgIpc) is 2.93. The third-order valence-corrected chi connectivity index (χ3v) is 3.59. The maximum Gasteiger partial charge on any atom is 0.271 e. The molecule has 3 N–H and O–H groups in total. The van der Waals surface area contributed by atoms with Gasteiger partial charge in [0.05, 0.1) is 11.9 Å². The number of amides is 1. The standard InChI is InChI=1S/C12H21N5O/c1-3-17-6-4-5-9(17)7-14-12(18)11-10(13)8-15-16(11)2/h8-9H,3-7,13H2,1-2H3,(H,14,18). The van der Waals surface area contributed by atoms with Crippen LogP contribution in [0.25, 0.3) is 0 Å². The van der Waals surface area contributed by atoms with Crippen LogP contribution in [-0.2, 0) is 7.05 Å². The molecule has 6 heteroatoms. The Morgan fingerprint density at radius 3 is 3.06 bits per heavy atom. The minimum atomic E-state index is -0.143. The molecule has 0 radical (unpaired) electrons.